The predicted octanol–water partition coefficient (Wildman–Crippen LogP) is 0.654. The first-order valence-corrected chi connectivity index (χ1v) is 6.29. The van der Waals surface area contributed by atoms with Crippen molar-refractivity contribution in [2.45, 2.75) is 38.1 Å². The van der Waals surface area contributed by atoms with Crippen LogP contribution in [0, 0.1) is 5.92 Å². The van der Waals surface area contributed by atoms with Crippen LogP contribution in [0.1, 0.15) is 32.6 Å². The number of nitrogens with zero attached hydrogens (tertiary/aromatic N) is 1. The molecule has 1 aliphatic carbocycles. The molecule has 1 saturated carbocycles. The van der Waals surface area contributed by atoms with Crippen LogP contribution < -0.4 is 5.32 Å². The Kier molecular flexibility index (Phi) is 4.95. The molecule has 0 aromatic carbocycles. The highest BCUT2D eigenvalue weighted by Crippen LogP contribution is 2.32. The molecule has 3 N–H and O–H groups in total. The Hall–Kier alpha value is -1.30. The molecular formula is C12H22N2O4. The van der Waals surface area contributed by atoms with Crippen molar-refractivity contribution in [3.8, 4) is 0 Å². The fourth-order valence-electron chi connectivity index (χ4n) is 2.20. The summed E-state index contributed by atoms with van der Waals surface area (Å²) in [6.45, 7) is 2.14. The SMILES string of the molecule is CC1CCC(NC(=O)N(C)CCO)(C(=O)O)CC1. The van der Waals surface area contributed by atoms with Gasteiger partial charge in [0.2, 0.25) is 0 Å². The number of urea groups is 1. The van der Waals surface area contributed by atoms with Crippen molar-refractivity contribution in [3.63, 3.8) is 0 Å². The lowest BCUT2D eigenvalue weighted by Gasteiger charge is -2.37. The quantitative estimate of drug-likeness (QED) is 0.690. The summed E-state index contributed by atoms with van der Waals surface area (Å²) in [5.41, 5.74) is -1.15. The molecule has 0 heterocycles. The highest BCUT2D eigenvalue weighted by molar-refractivity contribution is 5.86. The second-order valence-electron chi connectivity index (χ2n) is 5.15. The Labute approximate surface area is 107 Å². The Morgan fingerprint density at radius 1 is 1.39 bits per heavy atom. The van der Waals surface area contributed by atoms with Crippen LogP contribution in [0.25, 0.3) is 0 Å². The number of carboxylic acids is 1. The minimum absolute atomic E-state index is 0.138. The number of aliphatic hydroxyl groups is 1. The zero-order valence-corrected chi connectivity index (χ0v) is 11.0. The van der Waals surface area contributed by atoms with Crippen molar-refractivity contribution < 1.29 is 19.8 Å². The first-order valence-electron chi connectivity index (χ1n) is 6.29. The van der Waals surface area contributed by atoms with Gasteiger partial charge in [-0.05, 0) is 31.6 Å². The number of aliphatic carboxylic acids is 1. The van der Waals surface area contributed by atoms with Crippen LogP contribution in [0.15, 0.2) is 0 Å². The number of carbonyl (C=O) groups excluding carboxylic acids is 1. The molecule has 0 atom stereocenters. The van der Waals surface area contributed by atoms with Gasteiger partial charge in [-0.2, -0.15) is 0 Å². The summed E-state index contributed by atoms with van der Waals surface area (Å²) in [4.78, 5) is 24.5. The van der Waals surface area contributed by atoms with Crippen molar-refractivity contribution in [2.24, 2.45) is 5.92 Å². The van der Waals surface area contributed by atoms with Crippen molar-refractivity contribution in [2.75, 3.05) is 20.2 Å². The number of hydrogen-bond donors (Lipinski definition) is 3. The summed E-state index contributed by atoms with van der Waals surface area (Å²) in [5.74, 6) is -0.468. The molecule has 0 radical (unpaired) electrons. The predicted molar refractivity (Wildman–Crippen MR) is 66.2 cm³/mol. The maximum Gasteiger partial charge on any atom is 0.329 e. The highest BCUT2D eigenvalue weighted by Gasteiger charge is 2.42. The van der Waals surface area contributed by atoms with E-state index in [1.54, 1.807) is 0 Å². The second-order valence-corrected chi connectivity index (χ2v) is 5.15. The third kappa shape index (κ3) is 3.35. The molecular weight excluding hydrogens is 236 g/mol. The molecule has 1 fully saturated rings. The lowest BCUT2D eigenvalue weighted by Crippen LogP contribution is -2.59. The number of aliphatic hydroxyl groups excluding tert-OH is 1. The molecule has 104 valence electrons. The van der Waals surface area contributed by atoms with E-state index in [9.17, 15) is 14.7 Å². The summed E-state index contributed by atoms with van der Waals surface area (Å²) in [6.07, 6.45) is 2.52. The molecule has 1 rings (SSSR count). The molecule has 6 heteroatoms. The first kappa shape index (κ1) is 14.8. The van der Waals surface area contributed by atoms with Gasteiger partial charge in [-0.15, -0.1) is 0 Å². The molecule has 18 heavy (non-hydrogen) atoms. The van der Waals surface area contributed by atoms with Gasteiger partial charge in [-0.25, -0.2) is 9.59 Å². The highest BCUT2D eigenvalue weighted by atomic mass is 16.4. The Bertz CT molecular complexity index is 311. The van der Waals surface area contributed by atoms with Crippen LogP contribution in [0.5, 0.6) is 0 Å². The van der Waals surface area contributed by atoms with Gasteiger partial charge in [-0.1, -0.05) is 6.92 Å². The maximum atomic E-state index is 11.8. The van der Waals surface area contributed by atoms with E-state index in [-0.39, 0.29) is 13.2 Å². The minimum atomic E-state index is -1.15. The molecule has 0 spiro atoms. The van der Waals surface area contributed by atoms with Crippen LogP contribution >= 0.6 is 0 Å². The Balaban J connectivity index is 2.69. The van der Waals surface area contributed by atoms with Gasteiger partial charge >= 0.3 is 12.0 Å². The van der Waals surface area contributed by atoms with Gasteiger partial charge in [0.05, 0.1) is 6.61 Å². The Morgan fingerprint density at radius 2 is 1.94 bits per heavy atom. The van der Waals surface area contributed by atoms with Crippen LogP contribution in [0.3, 0.4) is 0 Å². The molecule has 1 aliphatic rings. The molecule has 0 aromatic heterocycles. The van der Waals surface area contributed by atoms with Gasteiger partial charge in [-0.3, -0.25) is 0 Å². The van der Waals surface area contributed by atoms with Crippen LogP contribution in [-0.4, -0.2) is 52.9 Å². The second kappa shape index (κ2) is 6.04. The fraction of sp³-hybridized carbons (Fsp3) is 0.833. The molecule has 0 aromatic rings. The standard InChI is InChI=1S/C12H22N2O4/c1-9-3-5-12(6-4-9,10(16)17)13-11(18)14(2)7-8-15/h9,15H,3-8H2,1-2H3,(H,13,18)(H,16,17). The first-order chi connectivity index (χ1) is 8.41. The summed E-state index contributed by atoms with van der Waals surface area (Å²) in [7, 11) is 1.53. The molecule has 2 amide bonds. The smallest absolute Gasteiger partial charge is 0.329 e. The van der Waals surface area contributed by atoms with E-state index in [2.05, 4.69) is 12.2 Å². The third-order valence-electron chi connectivity index (χ3n) is 3.67. The summed E-state index contributed by atoms with van der Waals surface area (Å²) in [6, 6.07) is -0.444. The molecule has 0 bridgehead atoms. The topological polar surface area (TPSA) is 89.9 Å². The summed E-state index contributed by atoms with van der Waals surface area (Å²) < 4.78 is 0. The zero-order valence-electron chi connectivity index (χ0n) is 11.0. The number of carbonyl (C=O) groups is 2. The number of likely N-dealkylation sites (N-methyl/N-ethyl adjacent to an activating group) is 1. The summed E-state index contributed by atoms with van der Waals surface area (Å²) in [5, 5.41) is 20.7. The molecule has 0 saturated heterocycles. The monoisotopic (exact) mass is 258 g/mol. The van der Waals surface area contributed by atoms with Crippen molar-refractivity contribution in [1.82, 2.24) is 10.2 Å². The van der Waals surface area contributed by atoms with Crippen molar-refractivity contribution in [1.29, 1.82) is 0 Å². The van der Waals surface area contributed by atoms with Gasteiger partial charge in [0, 0.05) is 13.6 Å². The number of nitrogens with one attached hydrogen (secondary N) is 1. The van der Waals surface area contributed by atoms with Gasteiger partial charge in [0.1, 0.15) is 5.54 Å². The average molecular weight is 258 g/mol. The number of carboxylic acid groups (broad SMARTS) is 1. The minimum Gasteiger partial charge on any atom is -0.480 e. The fourth-order valence-corrected chi connectivity index (χ4v) is 2.20. The van der Waals surface area contributed by atoms with Crippen LogP contribution in [0.4, 0.5) is 4.79 Å². The largest absolute Gasteiger partial charge is 0.480 e. The van der Waals surface area contributed by atoms with Crippen LogP contribution in [-0.2, 0) is 4.79 Å². The van der Waals surface area contributed by atoms with Gasteiger partial charge in [0.15, 0.2) is 0 Å². The van der Waals surface area contributed by atoms with Crippen molar-refractivity contribution >= 4 is 12.0 Å². The van der Waals surface area contributed by atoms with E-state index in [4.69, 9.17) is 5.11 Å². The van der Waals surface area contributed by atoms with Gasteiger partial charge < -0.3 is 20.4 Å². The normalized spacial score (nSPS) is 27.6. The molecule has 6 nitrogen and oxygen atoms in total. The Morgan fingerprint density at radius 3 is 2.39 bits per heavy atom. The maximum absolute atomic E-state index is 11.8. The number of rotatable bonds is 4. The van der Waals surface area contributed by atoms with Gasteiger partial charge in [0.25, 0.3) is 0 Å². The van der Waals surface area contributed by atoms with E-state index in [0.717, 1.165) is 12.8 Å². The number of amides is 2. The van der Waals surface area contributed by atoms with E-state index < -0.39 is 17.5 Å². The third-order valence-corrected chi connectivity index (χ3v) is 3.67. The lowest BCUT2D eigenvalue weighted by atomic mass is 9.77. The molecule has 0 aliphatic heterocycles. The van der Waals surface area contributed by atoms with Crippen LogP contribution in [0.2, 0.25) is 0 Å². The van der Waals surface area contributed by atoms with E-state index >= 15 is 0 Å². The van der Waals surface area contributed by atoms with E-state index in [0.29, 0.717) is 18.8 Å². The number of hydrogen-bond acceptors (Lipinski definition) is 3. The van der Waals surface area contributed by atoms with E-state index in [1.807, 2.05) is 0 Å². The average Bonchev–Trinajstić information content (AvgIpc) is 2.32. The molecule has 0 unspecified atom stereocenters. The zero-order chi connectivity index (χ0) is 13.8. The van der Waals surface area contributed by atoms with Crippen molar-refractivity contribution in [3.05, 3.63) is 0 Å². The lowest BCUT2D eigenvalue weighted by molar-refractivity contribution is -0.146. The summed E-state index contributed by atoms with van der Waals surface area (Å²) >= 11 is 0. The van der Waals surface area contributed by atoms with E-state index in [1.165, 1.54) is 11.9 Å².